The molecule has 10 heteroatoms. The number of esters is 1. The quantitative estimate of drug-likeness (QED) is 0.679. The number of rotatable bonds is 7. The number of aryl methyl sites for hydroxylation is 3. The number of benzene rings is 1. The molecule has 27 heavy (non-hydrogen) atoms. The van der Waals surface area contributed by atoms with Gasteiger partial charge in [-0.25, -0.2) is 8.42 Å². The van der Waals surface area contributed by atoms with Gasteiger partial charge < -0.3 is 14.6 Å². The van der Waals surface area contributed by atoms with Crippen molar-refractivity contribution in [3.8, 4) is 0 Å². The summed E-state index contributed by atoms with van der Waals surface area (Å²) in [6, 6.07) is 7.14. The Balaban J connectivity index is 1.90. The van der Waals surface area contributed by atoms with Crippen LogP contribution >= 0.6 is 0 Å². The zero-order chi connectivity index (χ0) is 20.2. The second kappa shape index (κ2) is 8.31. The maximum Gasteiger partial charge on any atom is 0.321 e. The fraction of sp³-hybridized carbons (Fsp3) is 0.353. The van der Waals surface area contributed by atoms with E-state index in [4.69, 9.17) is 9.26 Å². The van der Waals surface area contributed by atoms with Crippen LogP contribution in [0.4, 0.5) is 5.69 Å². The van der Waals surface area contributed by atoms with Crippen LogP contribution in [0.3, 0.4) is 0 Å². The molecule has 0 radical (unpaired) electrons. The van der Waals surface area contributed by atoms with Gasteiger partial charge in [-0.2, -0.15) is 4.72 Å². The largest absolute Gasteiger partial charge is 0.452 e. The Morgan fingerprint density at radius 3 is 2.56 bits per heavy atom. The van der Waals surface area contributed by atoms with Crippen LogP contribution in [0, 0.1) is 20.8 Å². The minimum atomic E-state index is -3.99. The van der Waals surface area contributed by atoms with Crippen molar-refractivity contribution in [1.29, 1.82) is 0 Å². The molecular weight excluding hydrogens is 374 g/mol. The number of anilines is 1. The Morgan fingerprint density at radius 2 is 1.96 bits per heavy atom. The van der Waals surface area contributed by atoms with Crippen LogP contribution in [-0.2, 0) is 24.3 Å². The highest BCUT2D eigenvalue weighted by Crippen LogP contribution is 2.18. The third-order valence-electron chi connectivity index (χ3n) is 3.61. The summed E-state index contributed by atoms with van der Waals surface area (Å²) in [5.74, 6) is -1.31. The standard InChI is InChI=1S/C17H21N3O6S/c1-10-6-5-7-14(8-10)19-17(22)13(4)25-15(21)9-18-27(23,24)16-11(2)20-26-12(16)3/h5-8,13,18H,9H2,1-4H3,(H,19,22)/t13-/m1/s1. The summed E-state index contributed by atoms with van der Waals surface area (Å²) in [4.78, 5) is 23.8. The zero-order valence-electron chi connectivity index (χ0n) is 15.4. The van der Waals surface area contributed by atoms with Crippen LogP contribution in [0.15, 0.2) is 33.7 Å². The van der Waals surface area contributed by atoms with Gasteiger partial charge in [0.05, 0.1) is 0 Å². The number of hydrogen-bond donors (Lipinski definition) is 2. The van der Waals surface area contributed by atoms with E-state index in [1.165, 1.54) is 20.8 Å². The Hall–Kier alpha value is -2.72. The molecule has 1 aromatic heterocycles. The van der Waals surface area contributed by atoms with Crippen LogP contribution in [0.5, 0.6) is 0 Å². The van der Waals surface area contributed by atoms with Gasteiger partial charge in [0.15, 0.2) is 11.9 Å². The Labute approximate surface area is 157 Å². The van der Waals surface area contributed by atoms with Crippen molar-refractivity contribution < 1.29 is 27.3 Å². The van der Waals surface area contributed by atoms with Crippen LogP contribution in [0.1, 0.15) is 23.9 Å². The monoisotopic (exact) mass is 395 g/mol. The van der Waals surface area contributed by atoms with Gasteiger partial charge in [0.25, 0.3) is 5.91 Å². The van der Waals surface area contributed by atoms with Gasteiger partial charge in [-0.05, 0) is 45.4 Å². The van der Waals surface area contributed by atoms with Crippen LogP contribution in [-0.4, -0.2) is 38.1 Å². The van der Waals surface area contributed by atoms with E-state index in [0.29, 0.717) is 5.69 Å². The van der Waals surface area contributed by atoms with Gasteiger partial charge in [0.2, 0.25) is 10.0 Å². The van der Waals surface area contributed by atoms with Crippen LogP contribution in [0.25, 0.3) is 0 Å². The lowest BCUT2D eigenvalue weighted by Gasteiger charge is -2.14. The second-order valence-corrected chi connectivity index (χ2v) is 7.67. The number of nitrogens with zero attached hydrogens (tertiary/aromatic N) is 1. The van der Waals surface area contributed by atoms with Gasteiger partial charge in [0.1, 0.15) is 17.1 Å². The van der Waals surface area contributed by atoms with Crippen LogP contribution in [0.2, 0.25) is 0 Å². The molecule has 0 fully saturated rings. The molecule has 0 aliphatic rings. The fourth-order valence-electron chi connectivity index (χ4n) is 2.34. The molecule has 2 aromatic rings. The van der Waals surface area contributed by atoms with Crippen molar-refractivity contribution in [3.05, 3.63) is 41.3 Å². The third-order valence-corrected chi connectivity index (χ3v) is 5.25. The first-order valence-electron chi connectivity index (χ1n) is 8.09. The molecule has 2 N–H and O–H groups in total. The highest BCUT2D eigenvalue weighted by molar-refractivity contribution is 7.89. The molecule has 2 rings (SSSR count). The average Bonchev–Trinajstić information content (AvgIpc) is 2.92. The molecule has 0 saturated heterocycles. The predicted molar refractivity (Wildman–Crippen MR) is 96.5 cm³/mol. The van der Waals surface area contributed by atoms with E-state index in [0.717, 1.165) is 5.56 Å². The Kier molecular flexibility index (Phi) is 6.34. The van der Waals surface area contributed by atoms with E-state index in [1.54, 1.807) is 18.2 Å². The topological polar surface area (TPSA) is 128 Å². The molecule has 1 aromatic carbocycles. The molecular formula is C17H21N3O6S. The van der Waals surface area contributed by atoms with E-state index >= 15 is 0 Å². The summed E-state index contributed by atoms with van der Waals surface area (Å²) < 4.78 is 36.4. The third kappa shape index (κ3) is 5.38. The summed E-state index contributed by atoms with van der Waals surface area (Å²) >= 11 is 0. The maximum absolute atomic E-state index is 12.2. The molecule has 0 bridgehead atoms. The molecule has 1 heterocycles. The van der Waals surface area contributed by atoms with Crippen molar-refractivity contribution in [2.24, 2.45) is 0 Å². The molecule has 9 nitrogen and oxygen atoms in total. The lowest BCUT2D eigenvalue weighted by molar-refractivity contribution is -0.151. The van der Waals surface area contributed by atoms with E-state index < -0.39 is 34.5 Å². The molecule has 0 aliphatic carbocycles. The molecule has 0 unspecified atom stereocenters. The molecule has 0 spiro atoms. The summed E-state index contributed by atoms with van der Waals surface area (Å²) in [6.45, 7) is 5.57. The van der Waals surface area contributed by atoms with Gasteiger partial charge >= 0.3 is 5.97 Å². The first-order valence-corrected chi connectivity index (χ1v) is 9.58. The maximum atomic E-state index is 12.2. The highest BCUT2D eigenvalue weighted by atomic mass is 32.2. The number of ether oxygens (including phenoxy) is 1. The first kappa shape index (κ1) is 20.6. The van der Waals surface area contributed by atoms with Crippen molar-refractivity contribution in [1.82, 2.24) is 9.88 Å². The molecule has 146 valence electrons. The molecule has 0 aliphatic heterocycles. The summed E-state index contributed by atoms with van der Waals surface area (Å²) in [7, 11) is -3.99. The average molecular weight is 395 g/mol. The summed E-state index contributed by atoms with van der Waals surface area (Å²) in [5, 5.41) is 6.19. The van der Waals surface area contributed by atoms with E-state index in [1.807, 2.05) is 13.0 Å². The first-order chi connectivity index (χ1) is 12.6. The van der Waals surface area contributed by atoms with E-state index in [9.17, 15) is 18.0 Å². The van der Waals surface area contributed by atoms with Crippen molar-refractivity contribution >= 4 is 27.6 Å². The summed E-state index contributed by atoms with van der Waals surface area (Å²) in [6.07, 6.45) is -1.10. The molecule has 1 amide bonds. The molecule has 0 saturated carbocycles. The number of carbonyl (C=O) groups excluding carboxylic acids is 2. The lowest BCUT2D eigenvalue weighted by atomic mass is 10.2. The van der Waals surface area contributed by atoms with Gasteiger partial charge in [-0.1, -0.05) is 17.3 Å². The zero-order valence-corrected chi connectivity index (χ0v) is 16.2. The normalized spacial score (nSPS) is 12.4. The van der Waals surface area contributed by atoms with Crippen molar-refractivity contribution in [2.75, 3.05) is 11.9 Å². The van der Waals surface area contributed by atoms with E-state index in [-0.39, 0.29) is 16.3 Å². The van der Waals surface area contributed by atoms with Gasteiger partial charge in [-0.3, -0.25) is 9.59 Å². The predicted octanol–water partition coefficient (Wildman–Crippen LogP) is 1.45. The number of aromatic nitrogens is 1. The number of nitrogens with one attached hydrogen (secondary N) is 2. The van der Waals surface area contributed by atoms with Gasteiger partial charge in [0, 0.05) is 5.69 Å². The molecule has 1 atom stereocenters. The lowest BCUT2D eigenvalue weighted by Crippen LogP contribution is -2.36. The number of hydrogen-bond acceptors (Lipinski definition) is 7. The SMILES string of the molecule is Cc1cccc(NC(=O)[C@@H](C)OC(=O)CNS(=O)(=O)c2c(C)noc2C)c1. The second-order valence-electron chi connectivity index (χ2n) is 5.97. The number of carbonyl (C=O) groups is 2. The van der Waals surface area contributed by atoms with Crippen molar-refractivity contribution in [3.63, 3.8) is 0 Å². The Morgan fingerprint density at radius 1 is 1.26 bits per heavy atom. The van der Waals surface area contributed by atoms with Gasteiger partial charge in [-0.15, -0.1) is 0 Å². The fourth-order valence-corrected chi connectivity index (χ4v) is 3.64. The highest BCUT2D eigenvalue weighted by Gasteiger charge is 2.26. The summed E-state index contributed by atoms with van der Waals surface area (Å²) in [5.41, 5.74) is 1.72. The number of sulfonamides is 1. The minimum Gasteiger partial charge on any atom is -0.452 e. The smallest absolute Gasteiger partial charge is 0.321 e. The van der Waals surface area contributed by atoms with Crippen molar-refractivity contribution in [2.45, 2.75) is 38.7 Å². The number of amides is 1. The van der Waals surface area contributed by atoms with Crippen LogP contribution < -0.4 is 10.0 Å². The Bertz CT molecular complexity index is 932. The minimum absolute atomic E-state index is 0.110. The van der Waals surface area contributed by atoms with E-state index in [2.05, 4.69) is 15.2 Å².